The van der Waals surface area contributed by atoms with Crippen molar-refractivity contribution >= 4 is 44.9 Å². The molecule has 5 rings (SSSR count). The topological polar surface area (TPSA) is 88.0 Å². The van der Waals surface area contributed by atoms with Crippen LogP contribution in [0.25, 0.3) is 0 Å². The molecule has 0 bridgehead atoms. The number of allylic oxidation sites excluding steroid dienone is 1. The largest absolute Gasteiger partial charge is 0.343 e. The van der Waals surface area contributed by atoms with Gasteiger partial charge in [0.05, 0.1) is 11.8 Å². The number of benzene rings is 3. The number of aromatic nitrogens is 2. The zero-order valence-electron chi connectivity index (χ0n) is 19.1. The van der Waals surface area contributed by atoms with E-state index in [1.54, 1.807) is 43.3 Å². The Balaban J connectivity index is 1.59. The molecule has 1 atom stereocenters. The molecule has 1 aliphatic heterocycles. The lowest BCUT2D eigenvalue weighted by Crippen LogP contribution is -2.32. The number of anilines is 3. The number of nitrogens with one attached hydrogen (secondary N) is 3. The third-order valence-corrected chi connectivity index (χ3v) is 6.32. The zero-order valence-corrected chi connectivity index (χ0v) is 20.7. The highest BCUT2D eigenvalue weighted by atomic mass is 79.9. The molecule has 3 aromatic carbocycles. The number of halogens is 2. The summed E-state index contributed by atoms with van der Waals surface area (Å²) in [5.41, 5.74) is 2.49. The van der Waals surface area contributed by atoms with E-state index >= 15 is 4.39 Å². The van der Waals surface area contributed by atoms with Gasteiger partial charge >= 0.3 is 0 Å². The van der Waals surface area contributed by atoms with Crippen molar-refractivity contribution in [2.24, 2.45) is 0 Å². The van der Waals surface area contributed by atoms with Crippen molar-refractivity contribution in [1.82, 2.24) is 9.78 Å². The number of hydrogen-bond donors (Lipinski definition) is 3. The smallest absolute Gasteiger partial charge is 0.261 e. The van der Waals surface area contributed by atoms with E-state index in [1.165, 1.54) is 16.9 Å². The molecule has 0 fully saturated rings. The Bertz CT molecular complexity index is 1480. The molecule has 4 aromatic rings. The van der Waals surface area contributed by atoms with Gasteiger partial charge in [0.15, 0.2) is 0 Å². The van der Waals surface area contributed by atoms with Crippen molar-refractivity contribution in [3.63, 3.8) is 0 Å². The standard InChI is InChI=1S/C27H21BrFN5O2/c1-16-23(27(36)33-19-10-6-3-7-11-19)24(20-14-17(28)12-13-22(20)29)34-25(31-16)21(15-30-34)26(35)32-18-8-4-2-5-9-18/h2-15,24,31H,1H3,(H,32,35)(H,33,36)/t24-/m1/s1. The van der Waals surface area contributed by atoms with E-state index in [4.69, 9.17) is 0 Å². The van der Waals surface area contributed by atoms with Crippen LogP contribution >= 0.6 is 15.9 Å². The fraction of sp³-hybridized carbons (Fsp3) is 0.0741. The Morgan fingerprint density at radius 2 is 1.56 bits per heavy atom. The normalized spacial score (nSPS) is 14.6. The molecule has 3 N–H and O–H groups in total. The van der Waals surface area contributed by atoms with E-state index in [-0.39, 0.29) is 22.6 Å². The number of carbonyl (C=O) groups is 2. The molecular weight excluding hydrogens is 525 g/mol. The number of rotatable bonds is 5. The van der Waals surface area contributed by atoms with E-state index in [0.29, 0.717) is 27.4 Å². The average Bonchev–Trinajstić information content (AvgIpc) is 3.29. The van der Waals surface area contributed by atoms with Crippen LogP contribution in [0.5, 0.6) is 0 Å². The van der Waals surface area contributed by atoms with Gasteiger partial charge in [-0.05, 0) is 49.4 Å². The molecule has 0 spiro atoms. The fourth-order valence-electron chi connectivity index (χ4n) is 4.17. The fourth-order valence-corrected chi connectivity index (χ4v) is 4.55. The maximum absolute atomic E-state index is 15.2. The van der Waals surface area contributed by atoms with Gasteiger partial charge in [-0.1, -0.05) is 52.3 Å². The van der Waals surface area contributed by atoms with Crippen molar-refractivity contribution < 1.29 is 14.0 Å². The summed E-state index contributed by atoms with van der Waals surface area (Å²) in [6.45, 7) is 1.72. The van der Waals surface area contributed by atoms with Crippen molar-refractivity contribution in [2.75, 3.05) is 16.0 Å². The molecule has 0 saturated carbocycles. The van der Waals surface area contributed by atoms with E-state index in [1.807, 2.05) is 36.4 Å². The minimum absolute atomic E-state index is 0.239. The van der Waals surface area contributed by atoms with Crippen LogP contribution in [0.4, 0.5) is 21.6 Å². The molecule has 0 radical (unpaired) electrons. The summed E-state index contributed by atoms with van der Waals surface area (Å²) in [5, 5.41) is 13.3. The quantitative estimate of drug-likeness (QED) is 0.288. The predicted molar refractivity (Wildman–Crippen MR) is 140 cm³/mol. The molecule has 1 aromatic heterocycles. The second-order valence-electron chi connectivity index (χ2n) is 8.22. The Kier molecular flexibility index (Phi) is 6.39. The van der Waals surface area contributed by atoms with Crippen LogP contribution in [0.2, 0.25) is 0 Å². The summed E-state index contributed by atoms with van der Waals surface area (Å²) < 4.78 is 17.3. The van der Waals surface area contributed by atoms with E-state index in [9.17, 15) is 9.59 Å². The minimum atomic E-state index is -0.916. The Morgan fingerprint density at radius 1 is 0.944 bits per heavy atom. The van der Waals surface area contributed by atoms with Crippen molar-refractivity contribution in [2.45, 2.75) is 13.0 Å². The summed E-state index contributed by atoms with van der Waals surface area (Å²) in [6, 6.07) is 21.7. The highest BCUT2D eigenvalue weighted by molar-refractivity contribution is 9.10. The molecule has 0 unspecified atom stereocenters. The van der Waals surface area contributed by atoms with E-state index in [0.717, 1.165) is 0 Å². The number of fused-ring (bicyclic) bond motifs is 1. The highest BCUT2D eigenvalue weighted by Gasteiger charge is 2.36. The molecule has 180 valence electrons. The van der Waals surface area contributed by atoms with E-state index in [2.05, 4.69) is 37.0 Å². The van der Waals surface area contributed by atoms with Gasteiger partial charge in [-0.3, -0.25) is 9.59 Å². The maximum Gasteiger partial charge on any atom is 0.261 e. The average molecular weight is 546 g/mol. The molecule has 0 aliphatic carbocycles. The monoisotopic (exact) mass is 545 g/mol. The Morgan fingerprint density at radius 3 is 2.19 bits per heavy atom. The molecule has 1 aliphatic rings. The lowest BCUT2D eigenvalue weighted by molar-refractivity contribution is -0.113. The van der Waals surface area contributed by atoms with E-state index < -0.39 is 17.8 Å². The zero-order chi connectivity index (χ0) is 25.2. The Labute approximate surface area is 215 Å². The SMILES string of the molecule is CC1=C(C(=O)Nc2ccccc2)[C@@H](c2cc(Br)ccc2F)n2ncc(C(=O)Nc3ccccc3)c2N1. The van der Waals surface area contributed by atoms with Gasteiger partial charge in [0.1, 0.15) is 23.2 Å². The summed E-state index contributed by atoms with van der Waals surface area (Å²) in [4.78, 5) is 26.6. The number of para-hydroxylation sites is 2. The van der Waals surface area contributed by atoms with Gasteiger partial charge in [0, 0.05) is 27.1 Å². The number of nitrogens with zero attached hydrogens (tertiary/aromatic N) is 2. The van der Waals surface area contributed by atoms with Crippen LogP contribution in [-0.4, -0.2) is 21.6 Å². The third kappa shape index (κ3) is 4.52. The van der Waals surface area contributed by atoms with Crippen LogP contribution in [0, 0.1) is 5.82 Å². The van der Waals surface area contributed by atoms with Crippen LogP contribution < -0.4 is 16.0 Å². The molecule has 2 amide bonds. The van der Waals surface area contributed by atoms with Gasteiger partial charge in [-0.2, -0.15) is 5.10 Å². The summed E-state index contributed by atoms with van der Waals surface area (Å²) in [5.74, 6) is -0.929. The summed E-state index contributed by atoms with van der Waals surface area (Å²) in [6.07, 6.45) is 1.41. The first-order chi connectivity index (χ1) is 17.4. The second-order valence-corrected chi connectivity index (χ2v) is 9.14. The Hall–Kier alpha value is -4.24. The molecular formula is C27H21BrFN5O2. The number of carbonyl (C=O) groups excluding carboxylic acids is 2. The highest BCUT2D eigenvalue weighted by Crippen LogP contribution is 2.39. The van der Waals surface area contributed by atoms with Gasteiger partial charge in [0.25, 0.3) is 11.8 Å². The van der Waals surface area contributed by atoms with Crippen molar-refractivity contribution in [3.05, 3.63) is 118 Å². The lowest BCUT2D eigenvalue weighted by atomic mass is 9.94. The van der Waals surface area contributed by atoms with Gasteiger partial charge in [0.2, 0.25) is 0 Å². The van der Waals surface area contributed by atoms with Crippen molar-refractivity contribution in [1.29, 1.82) is 0 Å². The maximum atomic E-state index is 15.2. The van der Waals surface area contributed by atoms with Crippen LogP contribution in [0.3, 0.4) is 0 Å². The second kappa shape index (κ2) is 9.79. The molecule has 36 heavy (non-hydrogen) atoms. The lowest BCUT2D eigenvalue weighted by Gasteiger charge is -2.30. The van der Waals surface area contributed by atoms with Crippen LogP contribution in [0.1, 0.15) is 28.9 Å². The third-order valence-electron chi connectivity index (χ3n) is 5.83. The van der Waals surface area contributed by atoms with Crippen LogP contribution in [-0.2, 0) is 4.79 Å². The molecule has 9 heteroatoms. The van der Waals surface area contributed by atoms with Gasteiger partial charge in [-0.25, -0.2) is 9.07 Å². The van der Waals surface area contributed by atoms with Gasteiger partial charge in [-0.15, -0.1) is 0 Å². The number of hydrogen-bond acceptors (Lipinski definition) is 4. The molecule has 7 nitrogen and oxygen atoms in total. The first-order valence-electron chi connectivity index (χ1n) is 11.2. The predicted octanol–water partition coefficient (Wildman–Crippen LogP) is 5.96. The first-order valence-corrected chi connectivity index (χ1v) is 11.9. The molecule has 0 saturated heterocycles. The minimum Gasteiger partial charge on any atom is -0.343 e. The van der Waals surface area contributed by atoms with Crippen LogP contribution in [0.15, 0.2) is 101 Å². The van der Waals surface area contributed by atoms with Gasteiger partial charge < -0.3 is 16.0 Å². The number of amides is 2. The first kappa shape index (κ1) is 23.5. The van der Waals surface area contributed by atoms with Crippen molar-refractivity contribution in [3.8, 4) is 0 Å². The summed E-state index contributed by atoms with van der Waals surface area (Å²) in [7, 11) is 0. The summed E-state index contributed by atoms with van der Waals surface area (Å²) >= 11 is 3.40. The molecule has 2 heterocycles.